The SMILES string of the molecule is CC(C)C[C@H]1C(=O)N[C@@H](C2CCCCC2)C(=O)N(C)CC(=O)N(C)CC(=O)N(C)[C@@H](CC2CCCCC2)C(=O)N(C)CC(=O)N[C@@H](CCc2ccc(C(F)(F)F)c(F)c2)C(=O)N2CCC[C@H]2C(=O)NC2(CCCC2)C(=O)N(C)[C@@H](CC(C)C)C(=O)N[C@H](C)CC(=O)N1C. The number of benzene rings is 1. The summed E-state index contributed by atoms with van der Waals surface area (Å²) in [6, 6.07) is -5.45. The van der Waals surface area contributed by atoms with Crippen molar-refractivity contribution in [2.75, 3.05) is 68.5 Å². The summed E-state index contributed by atoms with van der Waals surface area (Å²) < 4.78 is 55.9. The van der Waals surface area contributed by atoms with Crippen LogP contribution in [-0.2, 0) is 65.3 Å². The molecule has 0 aromatic heterocycles. The molecule has 0 bridgehead atoms. The zero-order valence-corrected chi connectivity index (χ0v) is 56.6. The highest BCUT2D eigenvalue weighted by Gasteiger charge is 2.49. The molecule has 6 rings (SSSR count). The molecule has 7 atom stereocenters. The summed E-state index contributed by atoms with van der Waals surface area (Å²) in [5.74, 6) is -8.88. The van der Waals surface area contributed by atoms with E-state index < -0.39 is 150 Å². The molecule has 3 aliphatic carbocycles. The Labute approximate surface area is 546 Å². The first-order valence-corrected chi connectivity index (χ1v) is 33.6. The summed E-state index contributed by atoms with van der Waals surface area (Å²) >= 11 is 0. The Morgan fingerprint density at radius 2 is 1.14 bits per heavy atom. The summed E-state index contributed by atoms with van der Waals surface area (Å²) in [6.45, 7) is 7.59. The molecule has 1 spiro atoms. The van der Waals surface area contributed by atoms with E-state index >= 15 is 4.79 Å². The predicted molar refractivity (Wildman–Crippen MR) is 339 cm³/mol. The largest absolute Gasteiger partial charge is 0.419 e. The molecule has 1 aromatic rings. The summed E-state index contributed by atoms with van der Waals surface area (Å²) in [5, 5.41) is 11.6. The maximum Gasteiger partial charge on any atom is 0.419 e. The molecule has 11 amide bonds. The number of hydrogen-bond acceptors (Lipinski definition) is 11. The molecule has 2 heterocycles. The quantitative estimate of drug-likeness (QED) is 0.211. The molecular weight excluding hydrogens is 1210 g/mol. The molecule has 2 aliphatic heterocycles. The van der Waals surface area contributed by atoms with Crippen molar-refractivity contribution in [1.82, 2.24) is 55.6 Å². The molecule has 4 N–H and O–H groups in total. The van der Waals surface area contributed by atoms with Crippen LogP contribution < -0.4 is 21.3 Å². The molecule has 520 valence electrons. The van der Waals surface area contributed by atoms with Crippen molar-refractivity contribution in [2.24, 2.45) is 23.7 Å². The average Bonchev–Trinajstić information content (AvgIpc) is 1.73. The van der Waals surface area contributed by atoms with Gasteiger partial charge in [-0.3, -0.25) is 52.7 Å². The van der Waals surface area contributed by atoms with E-state index in [1.165, 1.54) is 66.8 Å². The number of fused-ring (bicyclic) bond motifs is 1. The molecule has 5 aliphatic rings. The number of likely N-dealkylation sites (N-methyl/N-ethyl adjacent to an activating group) is 6. The van der Waals surface area contributed by atoms with Gasteiger partial charge in [0.1, 0.15) is 47.6 Å². The van der Waals surface area contributed by atoms with E-state index in [-0.39, 0.29) is 93.6 Å². The number of carbonyl (C=O) groups is 11. The van der Waals surface area contributed by atoms with E-state index in [9.17, 15) is 65.5 Å². The lowest BCUT2D eigenvalue weighted by Gasteiger charge is -2.39. The summed E-state index contributed by atoms with van der Waals surface area (Å²) in [6.07, 6.45) is 4.93. The topological polar surface area (TPSA) is 259 Å². The number of amides is 11. The van der Waals surface area contributed by atoms with Gasteiger partial charge in [0.05, 0.1) is 25.2 Å². The lowest BCUT2D eigenvalue weighted by Crippen LogP contribution is -2.64. The van der Waals surface area contributed by atoms with Gasteiger partial charge in [-0.2, -0.15) is 13.2 Å². The van der Waals surface area contributed by atoms with Gasteiger partial charge in [-0.1, -0.05) is 98.0 Å². The predicted octanol–water partition coefficient (Wildman–Crippen LogP) is 5.57. The smallest absolute Gasteiger partial charge is 0.351 e. The molecule has 1 aromatic carbocycles. The van der Waals surface area contributed by atoms with E-state index in [0.29, 0.717) is 44.2 Å². The van der Waals surface area contributed by atoms with Crippen LogP contribution in [-0.4, -0.2) is 216 Å². The van der Waals surface area contributed by atoms with Gasteiger partial charge in [-0.05, 0) is 119 Å². The first kappa shape index (κ1) is 75.1. The molecule has 2 saturated heterocycles. The number of hydrogen-bond donors (Lipinski definition) is 4. The number of aryl methyl sites for hydroxylation is 1. The van der Waals surface area contributed by atoms with Gasteiger partial charge in [0.15, 0.2) is 0 Å². The molecule has 93 heavy (non-hydrogen) atoms. The molecule has 22 nitrogen and oxygen atoms in total. The zero-order chi connectivity index (χ0) is 68.8. The van der Waals surface area contributed by atoms with E-state index in [4.69, 9.17) is 0 Å². The Morgan fingerprint density at radius 3 is 1.73 bits per heavy atom. The average molecular weight is 1310 g/mol. The van der Waals surface area contributed by atoms with Crippen LogP contribution in [0.2, 0.25) is 0 Å². The van der Waals surface area contributed by atoms with Gasteiger partial charge < -0.3 is 55.6 Å². The van der Waals surface area contributed by atoms with Crippen molar-refractivity contribution in [2.45, 2.75) is 230 Å². The second-order valence-electron chi connectivity index (χ2n) is 28.0. The molecule has 26 heteroatoms. The van der Waals surface area contributed by atoms with Crippen LogP contribution in [0.15, 0.2) is 18.2 Å². The van der Waals surface area contributed by atoms with Crippen LogP contribution in [0.3, 0.4) is 0 Å². The summed E-state index contributed by atoms with van der Waals surface area (Å²) in [4.78, 5) is 169. The fourth-order valence-corrected chi connectivity index (χ4v) is 14.2. The normalized spacial score (nSPS) is 26.7. The minimum Gasteiger partial charge on any atom is -0.351 e. The third-order valence-electron chi connectivity index (χ3n) is 19.7. The van der Waals surface area contributed by atoms with Crippen molar-refractivity contribution < 1.29 is 70.3 Å². The van der Waals surface area contributed by atoms with Crippen LogP contribution in [0.25, 0.3) is 0 Å². The van der Waals surface area contributed by atoms with Crippen LogP contribution in [0.1, 0.15) is 181 Å². The third-order valence-corrected chi connectivity index (χ3v) is 19.7. The van der Waals surface area contributed by atoms with Crippen molar-refractivity contribution in [3.8, 4) is 0 Å². The number of nitrogens with zero attached hydrogens (tertiary/aromatic N) is 7. The Morgan fingerprint density at radius 1 is 0.581 bits per heavy atom. The highest BCUT2D eigenvalue weighted by Crippen LogP contribution is 2.36. The van der Waals surface area contributed by atoms with Crippen molar-refractivity contribution in [3.05, 3.63) is 35.1 Å². The fraction of sp³-hybridized carbons (Fsp3) is 0.746. The van der Waals surface area contributed by atoms with Crippen molar-refractivity contribution in [1.29, 1.82) is 0 Å². The minimum absolute atomic E-state index is 0.0198. The van der Waals surface area contributed by atoms with E-state index in [2.05, 4.69) is 21.3 Å². The number of halogens is 4. The van der Waals surface area contributed by atoms with Crippen LogP contribution in [0.5, 0.6) is 0 Å². The molecule has 0 unspecified atom stereocenters. The van der Waals surface area contributed by atoms with Gasteiger partial charge in [-0.15, -0.1) is 0 Å². The van der Waals surface area contributed by atoms with E-state index in [1.807, 2.05) is 27.7 Å². The van der Waals surface area contributed by atoms with Crippen LogP contribution in [0, 0.1) is 29.5 Å². The van der Waals surface area contributed by atoms with Crippen molar-refractivity contribution in [3.63, 3.8) is 0 Å². The minimum atomic E-state index is -4.99. The third kappa shape index (κ3) is 20.1. The maximum absolute atomic E-state index is 15.1. The number of rotatable bonds is 10. The Hall–Kier alpha value is -6.89. The van der Waals surface area contributed by atoms with Crippen LogP contribution in [0.4, 0.5) is 17.6 Å². The lowest BCUT2D eigenvalue weighted by molar-refractivity contribution is -0.149. The number of nitrogens with one attached hydrogen (secondary N) is 4. The fourth-order valence-electron chi connectivity index (χ4n) is 14.2. The van der Waals surface area contributed by atoms with E-state index in [0.717, 1.165) is 67.2 Å². The Bertz CT molecular complexity index is 2840. The highest BCUT2D eigenvalue weighted by molar-refractivity contribution is 5.99. The van der Waals surface area contributed by atoms with Gasteiger partial charge in [0.2, 0.25) is 65.0 Å². The van der Waals surface area contributed by atoms with Gasteiger partial charge >= 0.3 is 6.18 Å². The first-order chi connectivity index (χ1) is 43.7. The number of carbonyl (C=O) groups excluding carboxylic acids is 11. The summed E-state index contributed by atoms with van der Waals surface area (Å²) in [7, 11) is 8.60. The summed E-state index contributed by atoms with van der Waals surface area (Å²) in [5.41, 5.74) is -2.94. The van der Waals surface area contributed by atoms with Gasteiger partial charge in [0, 0.05) is 61.3 Å². The zero-order valence-electron chi connectivity index (χ0n) is 56.6. The van der Waals surface area contributed by atoms with E-state index in [1.54, 1.807) is 6.92 Å². The molecule has 5 fully saturated rings. The number of alkyl halides is 3. The van der Waals surface area contributed by atoms with Gasteiger partial charge in [0.25, 0.3) is 0 Å². The lowest BCUT2D eigenvalue weighted by atomic mass is 9.83. The Balaban J connectivity index is 1.37. The Kier molecular flexibility index (Phi) is 27.0. The standard InChI is InChI=1S/C67H103F4N11O11/c1-41(2)33-51-60(88)74-58(46-23-16-13-17-24-46)64(92)78(8)39-56(85)76(6)40-57(86)80(10)53(37-44-21-14-12-15-22-44)63(91)77(7)38-54(83)73-49(29-27-45-26-28-47(48(68)36-45)67(69,70)71)62(90)82-32-20-25-50(82)61(89)75-66(30-18-19-31-66)65(93)81(11)52(34-42(3)4)59(87)72-43(5)35-55(84)79(51)9/h26,28,36,41-44,46,49-53,58H,12-25,27,29-35,37-40H2,1-11H3,(H,72,87)(H,73,83)(H,74,88)(H,75,89)/t43-,49+,50+,51+,52+,53+,58+/m1/s1. The molecule has 0 radical (unpaired) electrons. The van der Waals surface area contributed by atoms with Crippen LogP contribution >= 0.6 is 0 Å². The molecule has 3 saturated carbocycles. The van der Waals surface area contributed by atoms with Crippen molar-refractivity contribution >= 4 is 65.0 Å². The molecular formula is C67H103F4N11O11. The maximum atomic E-state index is 15.1. The van der Waals surface area contributed by atoms with Gasteiger partial charge in [-0.25, -0.2) is 4.39 Å². The first-order valence-electron chi connectivity index (χ1n) is 33.6. The monoisotopic (exact) mass is 1310 g/mol. The highest BCUT2D eigenvalue weighted by atomic mass is 19.4. The second-order valence-corrected chi connectivity index (χ2v) is 28.0. The second kappa shape index (κ2) is 33.5.